The number of halogens is 2. The van der Waals surface area contributed by atoms with Crippen molar-refractivity contribution in [2.45, 2.75) is 19.9 Å². The normalized spacial score (nSPS) is 14.2. The Morgan fingerprint density at radius 1 is 0.947 bits per heavy atom. The van der Waals surface area contributed by atoms with Crippen LogP contribution >= 0.6 is 0 Å². The van der Waals surface area contributed by atoms with Gasteiger partial charge in [-0.2, -0.15) is 0 Å². The van der Waals surface area contributed by atoms with E-state index >= 15 is 0 Å². The van der Waals surface area contributed by atoms with Gasteiger partial charge in [0, 0.05) is 62.7 Å². The Bertz CT molecular complexity index is 1270. The number of hydrogen-bond donors (Lipinski definition) is 3. The lowest BCUT2D eigenvalue weighted by Gasteiger charge is -2.32. The Kier molecular flexibility index (Phi) is 8.77. The highest BCUT2D eigenvalue weighted by Gasteiger charge is 2.19. The van der Waals surface area contributed by atoms with E-state index in [-0.39, 0.29) is 23.0 Å². The van der Waals surface area contributed by atoms with Gasteiger partial charge in [0.2, 0.25) is 11.8 Å². The molecule has 0 saturated carbocycles. The summed E-state index contributed by atoms with van der Waals surface area (Å²) in [4.78, 5) is 36.0. The van der Waals surface area contributed by atoms with E-state index in [4.69, 9.17) is 4.74 Å². The molecular formula is C26H29F2N7O3. The molecule has 0 atom stereocenters. The summed E-state index contributed by atoms with van der Waals surface area (Å²) in [6, 6.07) is 12.0. The van der Waals surface area contributed by atoms with E-state index in [0.29, 0.717) is 29.4 Å². The first-order chi connectivity index (χ1) is 18.2. The SMILES string of the molecule is CC(=O)Nc1cc(Oc2ccc(NC(=O)Nc3ccc(CN4CCN(C)CC4)c(C(F)F)c3)cc2)ncn1. The third-order valence-electron chi connectivity index (χ3n) is 5.91. The predicted molar refractivity (Wildman–Crippen MR) is 140 cm³/mol. The number of ether oxygens (including phenoxy) is 1. The molecule has 0 radical (unpaired) electrons. The molecule has 1 fully saturated rings. The zero-order valence-electron chi connectivity index (χ0n) is 21.1. The van der Waals surface area contributed by atoms with Crippen molar-refractivity contribution in [1.82, 2.24) is 19.8 Å². The molecule has 3 aromatic rings. The first-order valence-corrected chi connectivity index (χ1v) is 12.0. The lowest BCUT2D eigenvalue weighted by molar-refractivity contribution is -0.114. The Hall–Kier alpha value is -4.16. The van der Waals surface area contributed by atoms with E-state index in [9.17, 15) is 18.4 Å². The molecule has 38 heavy (non-hydrogen) atoms. The highest BCUT2D eigenvalue weighted by molar-refractivity contribution is 5.99. The molecule has 0 aliphatic carbocycles. The molecule has 1 aromatic heterocycles. The van der Waals surface area contributed by atoms with Crippen molar-refractivity contribution in [2.75, 3.05) is 49.2 Å². The first-order valence-electron chi connectivity index (χ1n) is 12.0. The van der Waals surface area contributed by atoms with Crippen LogP contribution in [0, 0.1) is 0 Å². The summed E-state index contributed by atoms with van der Waals surface area (Å²) >= 11 is 0. The maximum atomic E-state index is 13.8. The van der Waals surface area contributed by atoms with Gasteiger partial charge in [0.25, 0.3) is 6.43 Å². The summed E-state index contributed by atoms with van der Waals surface area (Å²) in [7, 11) is 2.04. The molecule has 0 unspecified atom stereocenters. The fourth-order valence-corrected chi connectivity index (χ4v) is 3.93. The standard InChI is InChI=1S/C26H29F2N7O3/c1-17(36)31-23-14-24(30-16-29-23)38-21-7-5-19(6-8-21)32-26(37)33-20-4-3-18(22(13-20)25(27)28)15-35-11-9-34(2)10-12-35/h3-8,13-14,16,25H,9-12,15H2,1-2H3,(H2,32,33,37)(H,29,30,31,36). The summed E-state index contributed by atoms with van der Waals surface area (Å²) < 4.78 is 33.2. The summed E-state index contributed by atoms with van der Waals surface area (Å²) in [6.45, 7) is 5.25. The van der Waals surface area contributed by atoms with Crippen LogP contribution in [-0.2, 0) is 11.3 Å². The largest absolute Gasteiger partial charge is 0.439 e. The van der Waals surface area contributed by atoms with Crippen LogP contribution in [0.4, 0.5) is 30.8 Å². The molecule has 10 nitrogen and oxygen atoms in total. The van der Waals surface area contributed by atoms with Crippen LogP contribution in [0.25, 0.3) is 0 Å². The van der Waals surface area contributed by atoms with E-state index in [1.54, 1.807) is 36.4 Å². The van der Waals surface area contributed by atoms with Crippen molar-refractivity contribution < 1.29 is 23.1 Å². The minimum absolute atomic E-state index is 0.0883. The highest BCUT2D eigenvalue weighted by Crippen LogP contribution is 2.28. The fourth-order valence-electron chi connectivity index (χ4n) is 3.93. The van der Waals surface area contributed by atoms with Gasteiger partial charge in [0.15, 0.2) is 0 Å². The van der Waals surface area contributed by atoms with E-state index in [1.807, 2.05) is 7.05 Å². The van der Waals surface area contributed by atoms with Crippen molar-refractivity contribution >= 4 is 29.1 Å². The highest BCUT2D eigenvalue weighted by atomic mass is 19.3. The number of amides is 3. The van der Waals surface area contributed by atoms with E-state index in [0.717, 1.165) is 26.2 Å². The monoisotopic (exact) mass is 525 g/mol. The number of urea groups is 1. The van der Waals surface area contributed by atoms with Gasteiger partial charge in [-0.15, -0.1) is 0 Å². The lowest BCUT2D eigenvalue weighted by atomic mass is 10.1. The van der Waals surface area contributed by atoms with Gasteiger partial charge in [0.05, 0.1) is 0 Å². The average molecular weight is 526 g/mol. The molecular weight excluding hydrogens is 496 g/mol. The fraction of sp³-hybridized carbons (Fsp3) is 0.308. The van der Waals surface area contributed by atoms with Crippen molar-refractivity contribution in [3.8, 4) is 11.6 Å². The summed E-state index contributed by atoms with van der Waals surface area (Å²) in [5, 5.41) is 7.82. The Morgan fingerprint density at radius 3 is 2.32 bits per heavy atom. The van der Waals surface area contributed by atoms with Crippen molar-refractivity contribution in [3.05, 3.63) is 66.0 Å². The molecule has 1 aliphatic rings. The van der Waals surface area contributed by atoms with Crippen molar-refractivity contribution in [2.24, 2.45) is 0 Å². The molecule has 200 valence electrons. The molecule has 3 amide bonds. The van der Waals surface area contributed by atoms with Crippen LogP contribution in [0.2, 0.25) is 0 Å². The minimum atomic E-state index is -2.65. The number of anilines is 3. The number of carbonyl (C=O) groups excluding carboxylic acids is 2. The maximum Gasteiger partial charge on any atom is 0.323 e. The molecule has 4 rings (SSSR count). The number of benzene rings is 2. The molecule has 2 aromatic carbocycles. The van der Waals surface area contributed by atoms with Crippen molar-refractivity contribution in [1.29, 1.82) is 0 Å². The predicted octanol–water partition coefficient (Wildman–Crippen LogP) is 4.56. The second-order valence-electron chi connectivity index (χ2n) is 8.92. The number of rotatable bonds is 8. The molecule has 2 heterocycles. The zero-order chi connectivity index (χ0) is 27.1. The molecule has 1 saturated heterocycles. The number of nitrogens with one attached hydrogen (secondary N) is 3. The molecule has 12 heteroatoms. The number of alkyl halides is 2. The summed E-state index contributed by atoms with van der Waals surface area (Å²) in [5.74, 6) is 0.712. The smallest absolute Gasteiger partial charge is 0.323 e. The van der Waals surface area contributed by atoms with E-state index in [2.05, 4.69) is 35.7 Å². The number of nitrogens with zero attached hydrogens (tertiary/aromatic N) is 4. The third kappa shape index (κ3) is 7.67. The van der Waals surface area contributed by atoms with Crippen LogP contribution < -0.4 is 20.7 Å². The lowest BCUT2D eigenvalue weighted by Crippen LogP contribution is -2.44. The second kappa shape index (κ2) is 12.4. The summed E-state index contributed by atoms with van der Waals surface area (Å²) in [6.07, 6.45) is -1.39. The Balaban J connectivity index is 1.34. The zero-order valence-corrected chi connectivity index (χ0v) is 21.1. The van der Waals surface area contributed by atoms with E-state index < -0.39 is 12.5 Å². The first kappa shape index (κ1) is 26.9. The second-order valence-corrected chi connectivity index (χ2v) is 8.92. The quantitative estimate of drug-likeness (QED) is 0.395. The van der Waals surface area contributed by atoms with Gasteiger partial charge >= 0.3 is 6.03 Å². The van der Waals surface area contributed by atoms with Gasteiger partial charge in [-0.25, -0.2) is 23.5 Å². The average Bonchev–Trinajstić information content (AvgIpc) is 2.87. The Morgan fingerprint density at radius 2 is 1.63 bits per heavy atom. The topological polar surface area (TPSA) is 112 Å². The van der Waals surface area contributed by atoms with Gasteiger partial charge in [-0.05, 0) is 49.0 Å². The number of carbonyl (C=O) groups is 2. The number of aromatic nitrogens is 2. The summed E-state index contributed by atoms with van der Waals surface area (Å²) in [5.41, 5.74) is 1.21. The van der Waals surface area contributed by atoms with Gasteiger partial charge in [0.1, 0.15) is 17.9 Å². The third-order valence-corrected chi connectivity index (χ3v) is 5.91. The van der Waals surface area contributed by atoms with E-state index in [1.165, 1.54) is 25.4 Å². The van der Waals surface area contributed by atoms with Crippen LogP contribution in [0.15, 0.2) is 54.9 Å². The number of likely N-dealkylation sites (N-methyl/N-ethyl adjacent to an activating group) is 1. The van der Waals surface area contributed by atoms with Crippen LogP contribution in [0.5, 0.6) is 11.6 Å². The Labute approximate surface area is 219 Å². The van der Waals surface area contributed by atoms with Crippen LogP contribution in [-0.4, -0.2) is 64.9 Å². The van der Waals surface area contributed by atoms with Gasteiger partial charge < -0.3 is 25.6 Å². The molecule has 1 aliphatic heterocycles. The van der Waals surface area contributed by atoms with Gasteiger partial charge in [-0.3, -0.25) is 9.69 Å². The molecule has 0 spiro atoms. The minimum Gasteiger partial charge on any atom is -0.439 e. The molecule has 0 bridgehead atoms. The van der Waals surface area contributed by atoms with Crippen LogP contribution in [0.1, 0.15) is 24.5 Å². The molecule has 3 N–H and O–H groups in total. The van der Waals surface area contributed by atoms with Crippen LogP contribution in [0.3, 0.4) is 0 Å². The van der Waals surface area contributed by atoms with Gasteiger partial charge in [-0.1, -0.05) is 6.07 Å². The number of hydrogen-bond acceptors (Lipinski definition) is 7. The maximum absolute atomic E-state index is 13.8. The number of piperazine rings is 1. The van der Waals surface area contributed by atoms with Crippen molar-refractivity contribution in [3.63, 3.8) is 0 Å².